The summed E-state index contributed by atoms with van der Waals surface area (Å²) < 4.78 is 27.0. The molecule has 1 unspecified atom stereocenters. The maximum atomic E-state index is 12.8. The average Bonchev–Trinajstić information content (AvgIpc) is 2.61. The van der Waals surface area contributed by atoms with E-state index >= 15 is 0 Å². The molecular formula is C17H26N2O3S2. The first-order chi connectivity index (χ1) is 11.4. The molecule has 1 aliphatic rings. The van der Waals surface area contributed by atoms with E-state index < -0.39 is 10.0 Å². The second-order valence-electron chi connectivity index (χ2n) is 6.10. The van der Waals surface area contributed by atoms with Crippen LogP contribution < -0.4 is 0 Å². The third kappa shape index (κ3) is 4.32. The summed E-state index contributed by atoms with van der Waals surface area (Å²) in [5.41, 5.74) is 1.16. The molecule has 1 heterocycles. The molecule has 0 aromatic heterocycles. The summed E-state index contributed by atoms with van der Waals surface area (Å²) in [6.45, 7) is 5.89. The number of thioether (sulfide) groups is 1. The minimum absolute atomic E-state index is 0.0810. The van der Waals surface area contributed by atoms with E-state index in [4.69, 9.17) is 0 Å². The molecule has 1 fully saturated rings. The van der Waals surface area contributed by atoms with Gasteiger partial charge in [0.2, 0.25) is 15.9 Å². The van der Waals surface area contributed by atoms with Crippen molar-refractivity contribution in [3.05, 3.63) is 29.8 Å². The van der Waals surface area contributed by atoms with Crippen molar-refractivity contribution < 1.29 is 13.2 Å². The zero-order chi connectivity index (χ0) is 17.7. The summed E-state index contributed by atoms with van der Waals surface area (Å²) in [7, 11) is -3.48. The van der Waals surface area contributed by atoms with Crippen LogP contribution >= 0.6 is 11.8 Å². The van der Waals surface area contributed by atoms with Gasteiger partial charge in [-0.1, -0.05) is 26.0 Å². The van der Waals surface area contributed by atoms with E-state index in [1.165, 1.54) is 16.1 Å². The smallest absolute Gasteiger partial charge is 0.243 e. The molecule has 1 amide bonds. The number of carbonyl (C=O) groups is 1. The summed E-state index contributed by atoms with van der Waals surface area (Å²) in [4.78, 5) is 14.0. The number of hydrogen-bond acceptors (Lipinski definition) is 4. The molecule has 1 atom stereocenters. The molecule has 2 rings (SSSR count). The lowest BCUT2D eigenvalue weighted by molar-refractivity contribution is -0.129. The molecule has 1 aliphatic heterocycles. The van der Waals surface area contributed by atoms with Gasteiger partial charge in [0.05, 0.1) is 10.6 Å². The highest BCUT2D eigenvalue weighted by Gasteiger charge is 2.29. The highest BCUT2D eigenvalue weighted by molar-refractivity contribution is 7.99. The molecule has 0 spiro atoms. The van der Waals surface area contributed by atoms with Crippen LogP contribution in [0, 0.1) is 0 Å². The first-order valence-corrected chi connectivity index (χ1v) is 11.1. The Morgan fingerprint density at radius 3 is 2.25 bits per heavy atom. The maximum absolute atomic E-state index is 12.8. The molecule has 1 aromatic carbocycles. The molecule has 24 heavy (non-hydrogen) atoms. The molecule has 0 bridgehead atoms. The van der Waals surface area contributed by atoms with Crippen LogP contribution in [0.5, 0.6) is 0 Å². The molecule has 0 saturated carbocycles. The van der Waals surface area contributed by atoms with Gasteiger partial charge in [0.25, 0.3) is 0 Å². The van der Waals surface area contributed by atoms with Gasteiger partial charge in [-0.25, -0.2) is 8.42 Å². The number of sulfonamides is 1. The zero-order valence-corrected chi connectivity index (χ0v) is 16.2. The van der Waals surface area contributed by atoms with E-state index in [0.29, 0.717) is 42.7 Å². The van der Waals surface area contributed by atoms with Gasteiger partial charge < -0.3 is 4.90 Å². The van der Waals surface area contributed by atoms with Crippen LogP contribution in [0.25, 0.3) is 0 Å². The number of hydrogen-bond donors (Lipinski definition) is 0. The molecule has 7 heteroatoms. The molecule has 134 valence electrons. The SMILES string of the molecule is CCC(C)c1ccc(S(=O)(=O)N2CCN(C(=O)CSC)CC2)cc1. The Morgan fingerprint density at radius 1 is 1.17 bits per heavy atom. The van der Waals surface area contributed by atoms with Gasteiger partial charge in [-0.3, -0.25) is 4.79 Å². The van der Waals surface area contributed by atoms with E-state index in [1.807, 2.05) is 18.4 Å². The van der Waals surface area contributed by atoms with Crippen molar-refractivity contribution in [1.82, 2.24) is 9.21 Å². The second-order valence-corrected chi connectivity index (χ2v) is 8.90. The third-order valence-electron chi connectivity index (χ3n) is 4.56. The van der Waals surface area contributed by atoms with Gasteiger partial charge in [0.15, 0.2) is 0 Å². The van der Waals surface area contributed by atoms with Crippen LogP contribution in [0.2, 0.25) is 0 Å². The molecule has 0 radical (unpaired) electrons. The summed E-state index contributed by atoms with van der Waals surface area (Å²) in [6.07, 6.45) is 2.92. The fourth-order valence-electron chi connectivity index (χ4n) is 2.75. The van der Waals surface area contributed by atoms with Crippen molar-refractivity contribution in [2.24, 2.45) is 0 Å². The first-order valence-electron chi connectivity index (χ1n) is 8.27. The highest BCUT2D eigenvalue weighted by Crippen LogP contribution is 2.23. The number of piperazine rings is 1. The van der Waals surface area contributed by atoms with Crippen molar-refractivity contribution >= 4 is 27.7 Å². The highest BCUT2D eigenvalue weighted by atomic mass is 32.2. The van der Waals surface area contributed by atoms with Crippen molar-refractivity contribution in [3.8, 4) is 0 Å². The topological polar surface area (TPSA) is 57.7 Å². The van der Waals surface area contributed by atoms with E-state index in [1.54, 1.807) is 17.0 Å². The molecule has 1 aromatic rings. The summed E-state index contributed by atoms with van der Waals surface area (Å²) in [6, 6.07) is 7.20. The number of carbonyl (C=O) groups excluding carboxylic acids is 1. The van der Waals surface area contributed by atoms with Crippen LogP contribution in [0.4, 0.5) is 0 Å². The minimum atomic E-state index is -3.48. The number of benzene rings is 1. The van der Waals surface area contributed by atoms with E-state index in [-0.39, 0.29) is 5.91 Å². The molecule has 0 aliphatic carbocycles. The normalized spacial score (nSPS) is 17.7. The Labute approximate surface area is 149 Å². The summed E-state index contributed by atoms with van der Waals surface area (Å²) in [5.74, 6) is 0.953. The van der Waals surface area contributed by atoms with Crippen LogP contribution in [0.3, 0.4) is 0 Å². The van der Waals surface area contributed by atoms with E-state index in [2.05, 4.69) is 13.8 Å². The molecule has 5 nitrogen and oxygen atoms in total. The van der Waals surface area contributed by atoms with Crippen molar-refractivity contribution in [3.63, 3.8) is 0 Å². The van der Waals surface area contributed by atoms with Gasteiger partial charge in [-0.15, -0.1) is 0 Å². The largest absolute Gasteiger partial charge is 0.339 e. The Bertz CT molecular complexity index is 651. The average molecular weight is 371 g/mol. The van der Waals surface area contributed by atoms with Crippen molar-refractivity contribution in [1.29, 1.82) is 0 Å². The predicted octanol–water partition coefficient (Wildman–Crippen LogP) is 2.40. The number of amides is 1. The van der Waals surface area contributed by atoms with E-state index in [9.17, 15) is 13.2 Å². The predicted molar refractivity (Wildman–Crippen MR) is 98.9 cm³/mol. The lowest BCUT2D eigenvalue weighted by Crippen LogP contribution is -2.50. The van der Waals surface area contributed by atoms with Crippen molar-refractivity contribution in [2.45, 2.75) is 31.1 Å². The fraction of sp³-hybridized carbons (Fsp3) is 0.588. The molecule has 0 N–H and O–H groups in total. The summed E-state index contributed by atoms with van der Waals surface area (Å²) in [5, 5.41) is 0. The Balaban J connectivity index is 2.05. The number of rotatable bonds is 6. The standard InChI is InChI=1S/C17H26N2O3S2/c1-4-14(2)15-5-7-16(8-6-15)24(21,22)19-11-9-18(10-12-19)17(20)13-23-3/h5-8,14H,4,9-13H2,1-3H3. The van der Waals surface area contributed by atoms with Gasteiger partial charge >= 0.3 is 0 Å². The van der Waals surface area contributed by atoms with Gasteiger partial charge in [0.1, 0.15) is 0 Å². The summed E-state index contributed by atoms with van der Waals surface area (Å²) >= 11 is 1.49. The quantitative estimate of drug-likeness (QED) is 0.771. The Hall–Kier alpha value is -1.05. The van der Waals surface area contributed by atoms with E-state index in [0.717, 1.165) is 12.0 Å². The monoisotopic (exact) mass is 370 g/mol. The van der Waals surface area contributed by atoms with Crippen molar-refractivity contribution in [2.75, 3.05) is 38.2 Å². The molecule has 1 saturated heterocycles. The second kappa shape index (κ2) is 8.36. The minimum Gasteiger partial charge on any atom is -0.339 e. The maximum Gasteiger partial charge on any atom is 0.243 e. The lowest BCUT2D eigenvalue weighted by Gasteiger charge is -2.34. The Morgan fingerprint density at radius 2 is 1.75 bits per heavy atom. The van der Waals surface area contributed by atoms with Crippen LogP contribution in [0.15, 0.2) is 29.2 Å². The van der Waals surface area contributed by atoms with Crippen LogP contribution in [-0.2, 0) is 14.8 Å². The number of nitrogens with zero attached hydrogens (tertiary/aromatic N) is 2. The van der Waals surface area contributed by atoms with Gasteiger partial charge in [-0.2, -0.15) is 16.1 Å². The Kier molecular flexibility index (Phi) is 6.71. The zero-order valence-electron chi connectivity index (χ0n) is 14.6. The van der Waals surface area contributed by atoms with Crippen LogP contribution in [0.1, 0.15) is 31.7 Å². The third-order valence-corrected chi connectivity index (χ3v) is 7.01. The van der Waals surface area contributed by atoms with Gasteiger partial charge in [-0.05, 0) is 36.3 Å². The fourth-order valence-corrected chi connectivity index (χ4v) is 4.60. The lowest BCUT2D eigenvalue weighted by atomic mass is 9.99. The first kappa shape index (κ1) is 19.3. The van der Waals surface area contributed by atoms with Gasteiger partial charge in [0, 0.05) is 26.2 Å². The van der Waals surface area contributed by atoms with Crippen LogP contribution in [-0.4, -0.2) is 61.7 Å². The molecular weight excluding hydrogens is 344 g/mol.